The first-order valence-corrected chi connectivity index (χ1v) is 4.12. The Balaban J connectivity index is 3.03. The molecule has 1 aromatic rings. The SMILES string of the molecule is CC(=O)Cc1cc(C)cc(C#N)c1. The fraction of sp³-hybridized carbons (Fsp3) is 0.273. The minimum Gasteiger partial charge on any atom is -0.300 e. The van der Waals surface area contributed by atoms with Crippen LogP contribution in [0.25, 0.3) is 0 Å². The molecule has 0 aliphatic heterocycles. The van der Waals surface area contributed by atoms with Crippen molar-refractivity contribution in [3.05, 3.63) is 34.9 Å². The summed E-state index contributed by atoms with van der Waals surface area (Å²) >= 11 is 0. The molecule has 13 heavy (non-hydrogen) atoms. The maximum Gasteiger partial charge on any atom is 0.134 e. The molecule has 0 spiro atoms. The van der Waals surface area contributed by atoms with Crippen molar-refractivity contribution in [2.45, 2.75) is 20.3 Å². The van der Waals surface area contributed by atoms with E-state index in [1.54, 1.807) is 13.0 Å². The molecule has 0 amide bonds. The maximum atomic E-state index is 10.8. The first-order chi connectivity index (χ1) is 6.11. The summed E-state index contributed by atoms with van der Waals surface area (Å²) in [5, 5.41) is 8.69. The number of hydrogen-bond acceptors (Lipinski definition) is 2. The van der Waals surface area contributed by atoms with Crippen LogP contribution in [0.5, 0.6) is 0 Å². The molecule has 0 bridgehead atoms. The molecule has 0 unspecified atom stereocenters. The van der Waals surface area contributed by atoms with Gasteiger partial charge in [-0.25, -0.2) is 0 Å². The topological polar surface area (TPSA) is 40.9 Å². The van der Waals surface area contributed by atoms with Crippen molar-refractivity contribution in [3.63, 3.8) is 0 Å². The molecule has 66 valence electrons. The molecule has 0 N–H and O–H groups in total. The van der Waals surface area contributed by atoms with Crippen LogP contribution in [0, 0.1) is 18.3 Å². The second-order valence-corrected chi connectivity index (χ2v) is 3.20. The molecule has 0 aliphatic rings. The maximum absolute atomic E-state index is 10.8. The highest BCUT2D eigenvalue weighted by molar-refractivity contribution is 5.78. The zero-order chi connectivity index (χ0) is 9.84. The summed E-state index contributed by atoms with van der Waals surface area (Å²) in [6.07, 6.45) is 0.413. The molecule has 2 heteroatoms. The van der Waals surface area contributed by atoms with Gasteiger partial charge in [-0.3, -0.25) is 4.79 Å². The van der Waals surface area contributed by atoms with Crippen LogP contribution in [0.2, 0.25) is 0 Å². The van der Waals surface area contributed by atoms with E-state index in [1.165, 1.54) is 0 Å². The van der Waals surface area contributed by atoms with E-state index in [9.17, 15) is 4.79 Å². The summed E-state index contributed by atoms with van der Waals surface area (Å²) < 4.78 is 0. The molecular weight excluding hydrogens is 162 g/mol. The molecule has 0 aromatic heterocycles. The molecule has 0 saturated heterocycles. The van der Waals surface area contributed by atoms with Crippen molar-refractivity contribution in [2.75, 3.05) is 0 Å². The van der Waals surface area contributed by atoms with E-state index >= 15 is 0 Å². The Labute approximate surface area is 77.8 Å². The number of benzene rings is 1. The van der Waals surface area contributed by atoms with Gasteiger partial charge in [-0.05, 0) is 37.1 Å². The minimum absolute atomic E-state index is 0.120. The van der Waals surface area contributed by atoms with Gasteiger partial charge < -0.3 is 0 Å². The van der Waals surface area contributed by atoms with E-state index in [4.69, 9.17) is 5.26 Å². The second kappa shape index (κ2) is 3.86. The predicted molar refractivity (Wildman–Crippen MR) is 50.3 cm³/mol. The molecule has 0 saturated carbocycles. The zero-order valence-corrected chi connectivity index (χ0v) is 7.79. The molecule has 0 aliphatic carbocycles. The van der Waals surface area contributed by atoms with Crippen molar-refractivity contribution in [2.24, 2.45) is 0 Å². The van der Waals surface area contributed by atoms with Gasteiger partial charge in [0, 0.05) is 6.42 Å². The van der Waals surface area contributed by atoms with Crippen molar-refractivity contribution >= 4 is 5.78 Å². The Morgan fingerprint density at radius 3 is 2.69 bits per heavy atom. The highest BCUT2D eigenvalue weighted by Gasteiger charge is 2.00. The molecule has 0 fully saturated rings. The van der Waals surface area contributed by atoms with Crippen molar-refractivity contribution in [1.29, 1.82) is 5.26 Å². The molecular formula is C11H11NO. The number of aryl methyl sites for hydroxylation is 1. The average molecular weight is 173 g/mol. The molecule has 0 radical (unpaired) electrons. The fourth-order valence-electron chi connectivity index (χ4n) is 1.32. The normalized spacial score (nSPS) is 9.31. The van der Waals surface area contributed by atoms with Gasteiger partial charge in [0.15, 0.2) is 0 Å². The average Bonchev–Trinajstić information content (AvgIpc) is 2.01. The number of rotatable bonds is 2. The summed E-state index contributed by atoms with van der Waals surface area (Å²) in [4.78, 5) is 10.8. The van der Waals surface area contributed by atoms with Gasteiger partial charge in [0.05, 0.1) is 11.6 Å². The molecule has 0 atom stereocenters. The Kier molecular flexibility index (Phi) is 2.81. The Hall–Kier alpha value is -1.62. The number of ketones is 1. The van der Waals surface area contributed by atoms with Crippen LogP contribution < -0.4 is 0 Å². The smallest absolute Gasteiger partial charge is 0.134 e. The quantitative estimate of drug-likeness (QED) is 0.686. The number of nitriles is 1. The van der Waals surface area contributed by atoms with Crippen LogP contribution in [-0.2, 0) is 11.2 Å². The monoisotopic (exact) mass is 173 g/mol. The number of nitrogens with zero attached hydrogens (tertiary/aromatic N) is 1. The molecule has 0 heterocycles. The van der Waals surface area contributed by atoms with Crippen LogP contribution in [-0.4, -0.2) is 5.78 Å². The van der Waals surface area contributed by atoms with Crippen molar-refractivity contribution < 1.29 is 4.79 Å². The number of carbonyl (C=O) groups is 1. The number of hydrogen-bond donors (Lipinski definition) is 0. The predicted octanol–water partition coefficient (Wildman–Crippen LogP) is 2.00. The standard InChI is InChI=1S/C11H11NO/c1-8-3-10(5-9(2)13)6-11(4-8)7-12/h3-4,6H,5H2,1-2H3. The van der Waals surface area contributed by atoms with Crippen LogP contribution in [0.1, 0.15) is 23.6 Å². The second-order valence-electron chi connectivity index (χ2n) is 3.20. The summed E-state index contributed by atoms with van der Waals surface area (Å²) in [5.74, 6) is 0.120. The lowest BCUT2D eigenvalue weighted by molar-refractivity contribution is -0.116. The summed E-state index contributed by atoms with van der Waals surface area (Å²) in [7, 11) is 0. The Morgan fingerprint density at radius 1 is 1.46 bits per heavy atom. The van der Waals surface area contributed by atoms with Gasteiger partial charge in [-0.1, -0.05) is 6.07 Å². The van der Waals surface area contributed by atoms with Gasteiger partial charge in [0.2, 0.25) is 0 Å². The minimum atomic E-state index is 0.120. The summed E-state index contributed by atoms with van der Waals surface area (Å²) in [6.45, 7) is 3.47. The number of Topliss-reactive ketones (excluding diaryl/α,β-unsaturated/α-hetero) is 1. The molecule has 2 nitrogen and oxygen atoms in total. The summed E-state index contributed by atoms with van der Waals surface area (Å²) in [6, 6.07) is 7.57. The lowest BCUT2D eigenvalue weighted by atomic mass is 10.0. The highest BCUT2D eigenvalue weighted by atomic mass is 16.1. The van der Waals surface area contributed by atoms with Gasteiger partial charge in [0.1, 0.15) is 5.78 Å². The third-order valence-corrected chi connectivity index (χ3v) is 1.72. The van der Waals surface area contributed by atoms with Crippen molar-refractivity contribution in [3.8, 4) is 6.07 Å². The van der Waals surface area contributed by atoms with Crippen LogP contribution in [0.3, 0.4) is 0 Å². The fourth-order valence-corrected chi connectivity index (χ4v) is 1.32. The van der Waals surface area contributed by atoms with E-state index < -0.39 is 0 Å². The van der Waals surface area contributed by atoms with Crippen LogP contribution in [0.4, 0.5) is 0 Å². The number of carbonyl (C=O) groups excluding carboxylic acids is 1. The third kappa shape index (κ3) is 2.72. The van der Waals surface area contributed by atoms with Gasteiger partial charge in [-0.15, -0.1) is 0 Å². The van der Waals surface area contributed by atoms with Gasteiger partial charge in [-0.2, -0.15) is 5.26 Å². The summed E-state index contributed by atoms with van der Waals surface area (Å²) in [5.41, 5.74) is 2.57. The molecule has 1 aromatic carbocycles. The van der Waals surface area contributed by atoms with E-state index in [1.807, 2.05) is 19.1 Å². The lowest BCUT2D eigenvalue weighted by Crippen LogP contribution is -1.97. The van der Waals surface area contributed by atoms with Crippen LogP contribution >= 0.6 is 0 Å². The first-order valence-electron chi connectivity index (χ1n) is 4.12. The van der Waals surface area contributed by atoms with E-state index in [-0.39, 0.29) is 5.78 Å². The first kappa shape index (κ1) is 9.47. The van der Waals surface area contributed by atoms with Crippen LogP contribution in [0.15, 0.2) is 18.2 Å². The highest BCUT2D eigenvalue weighted by Crippen LogP contribution is 2.09. The van der Waals surface area contributed by atoms with E-state index in [0.717, 1.165) is 11.1 Å². The third-order valence-electron chi connectivity index (χ3n) is 1.72. The van der Waals surface area contributed by atoms with Gasteiger partial charge in [0.25, 0.3) is 0 Å². The van der Waals surface area contributed by atoms with E-state index in [0.29, 0.717) is 12.0 Å². The Bertz CT molecular complexity index is 374. The van der Waals surface area contributed by atoms with E-state index in [2.05, 4.69) is 6.07 Å². The zero-order valence-electron chi connectivity index (χ0n) is 7.79. The van der Waals surface area contributed by atoms with Crippen molar-refractivity contribution in [1.82, 2.24) is 0 Å². The lowest BCUT2D eigenvalue weighted by Gasteiger charge is -2.00. The molecule has 1 rings (SSSR count). The Morgan fingerprint density at radius 2 is 2.15 bits per heavy atom. The van der Waals surface area contributed by atoms with Gasteiger partial charge >= 0.3 is 0 Å². The largest absolute Gasteiger partial charge is 0.300 e.